The summed E-state index contributed by atoms with van der Waals surface area (Å²) in [5.74, 6) is -0.810. The molecular weight excluding hydrogens is 228 g/mol. The zero-order valence-corrected chi connectivity index (χ0v) is 9.85. The highest BCUT2D eigenvalue weighted by Gasteiger charge is 2.31. The summed E-state index contributed by atoms with van der Waals surface area (Å²) in [5, 5.41) is 8.50. The van der Waals surface area contributed by atoms with E-state index in [-0.39, 0.29) is 12.5 Å². The molecule has 3 nitrogen and oxygen atoms in total. The number of carboxylic acids is 1. The molecule has 0 fully saturated rings. The molecule has 0 aromatic rings. The number of methoxy groups -OCH3 is 1. The maximum atomic E-state index is 10.3. The van der Waals surface area contributed by atoms with Crippen molar-refractivity contribution in [3.63, 3.8) is 0 Å². The van der Waals surface area contributed by atoms with Crippen molar-refractivity contribution in [1.29, 1.82) is 0 Å². The molecule has 0 aliphatic heterocycles. The fourth-order valence-corrected chi connectivity index (χ4v) is 1.81. The van der Waals surface area contributed by atoms with Crippen LogP contribution >= 0.6 is 11.6 Å². The summed E-state index contributed by atoms with van der Waals surface area (Å²) >= 11 is 6.36. The van der Waals surface area contributed by atoms with Crippen molar-refractivity contribution in [3.05, 3.63) is 36.5 Å². The van der Waals surface area contributed by atoms with Crippen molar-refractivity contribution in [2.24, 2.45) is 0 Å². The average Bonchev–Trinajstić information content (AvgIpc) is 2.25. The number of carbonyl (C=O) groups is 1. The quantitative estimate of drug-likeness (QED) is 0.595. The largest absolute Gasteiger partial charge is 0.481 e. The molecular formula is C12H15ClO3. The fraction of sp³-hybridized carbons (Fsp3) is 0.417. The van der Waals surface area contributed by atoms with Crippen LogP contribution in [0.1, 0.15) is 12.8 Å². The van der Waals surface area contributed by atoms with Gasteiger partial charge in [-0.3, -0.25) is 4.79 Å². The lowest BCUT2D eigenvalue weighted by atomic mass is 9.95. The van der Waals surface area contributed by atoms with E-state index in [9.17, 15) is 4.79 Å². The van der Waals surface area contributed by atoms with E-state index in [1.54, 1.807) is 19.3 Å². The molecule has 0 bridgehead atoms. The summed E-state index contributed by atoms with van der Waals surface area (Å²) in [4.78, 5) is 9.63. The monoisotopic (exact) mass is 242 g/mol. The maximum absolute atomic E-state index is 10.3. The first kappa shape index (κ1) is 13.0. The predicted molar refractivity (Wildman–Crippen MR) is 63.7 cm³/mol. The van der Waals surface area contributed by atoms with Crippen LogP contribution in [0, 0.1) is 0 Å². The summed E-state index contributed by atoms with van der Waals surface area (Å²) < 4.78 is 5.25. The van der Waals surface area contributed by atoms with Crippen molar-refractivity contribution in [2.75, 3.05) is 7.11 Å². The van der Waals surface area contributed by atoms with Crippen LogP contribution < -0.4 is 0 Å². The second-order valence-electron chi connectivity index (χ2n) is 3.56. The molecule has 1 aliphatic rings. The standard InChI is InChI=1S/C12H15ClO3/c1-16-10-6-2-4-8-12(10,13)9-5-3-7-11(14)15/h2,4-6,8-10H,3,7H2,1H3,(H,14,15). The van der Waals surface area contributed by atoms with Crippen molar-refractivity contribution < 1.29 is 14.6 Å². The number of hydrogen-bond donors (Lipinski definition) is 1. The third-order valence-corrected chi connectivity index (χ3v) is 2.80. The number of aliphatic carboxylic acids is 1. The Bertz CT molecular complexity index is 333. The Morgan fingerprint density at radius 2 is 2.38 bits per heavy atom. The minimum absolute atomic E-state index is 0.112. The van der Waals surface area contributed by atoms with Gasteiger partial charge in [-0.15, -0.1) is 11.6 Å². The molecule has 2 atom stereocenters. The Labute approximate surface area is 100 Å². The summed E-state index contributed by atoms with van der Waals surface area (Å²) in [6.07, 6.45) is 11.3. The molecule has 0 saturated carbocycles. The van der Waals surface area contributed by atoms with Crippen LogP contribution in [0.2, 0.25) is 0 Å². The van der Waals surface area contributed by atoms with Gasteiger partial charge >= 0.3 is 5.97 Å². The smallest absolute Gasteiger partial charge is 0.303 e. The summed E-state index contributed by atoms with van der Waals surface area (Å²) in [6.45, 7) is 0. The number of carboxylic acid groups (broad SMARTS) is 1. The van der Waals surface area contributed by atoms with E-state index < -0.39 is 10.8 Å². The van der Waals surface area contributed by atoms with Gasteiger partial charge in [0.05, 0.1) is 0 Å². The van der Waals surface area contributed by atoms with Crippen LogP contribution in [0.25, 0.3) is 0 Å². The molecule has 1 aliphatic carbocycles. The zero-order valence-electron chi connectivity index (χ0n) is 9.10. The highest BCUT2D eigenvalue weighted by Crippen LogP contribution is 2.29. The molecule has 4 heteroatoms. The molecule has 0 amide bonds. The Kier molecular flexibility index (Phi) is 4.77. The van der Waals surface area contributed by atoms with E-state index in [1.165, 1.54) is 0 Å². The first-order valence-electron chi connectivity index (χ1n) is 5.06. The molecule has 0 radical (unpaired) electrons. The number of halogens is 1. The molecule has 2 unspecified atom stereocenters. The zero-order chi connectivity index (χ0) is 12.0. The predicted octanol–water partition coefficient (Wildman–Crippen LogP) is 2.53. The SMILES string of the molecule is COC1C=CC=CC1(Cl)C=CCCC(=O)O. The number of alkyl halides is 1. The van der Waals surface area contributed by atoms with Crippen molar-refractivity contribution in [1.82, 2.24) is 0 Å². The molecule has 0 spiro atoms. The van der Waals surface area contributed by atoms with Gasteiger partial charge in [0, 0.05) is 13.5 Å². The molecule has 0 heterocycles. The average molecular weight is 243 g/mol. The fourth-order valence-electron chi connectivity index (χ4n) is 1.49. The summed E-state index contributed by atoms with van der Waals surface area (Å²) in [5.41, 5.74) is 0. The van der Waals surface area contributed by atoms with Gasteiger partial charge in [0.1, 0.15) is 11.0 Å². The summed E-state index contributed by atoms with van der Waals surface area (Å²) in [7, 11) is 1.59. The molecule has 0 saturated heterocycles. The van der Waals surface area contributed by atoms with Crippen molar-refractivity contribution in [3.8, 4) is 0 Å². The van der Waals surface area contributed by atoms with Gasteiger partial charge in [0.15, 0.2) is 0 Å². The first-order chi connectivity index (χ1) is 7.58. The molecule has 88 valence electrons. The minimum Gasteiger partial charge on any atom is -0.481 e. The van der Waals surface area contributed by atoms with Crippen LogP contribution in [0.4, 0.5) is 0 Å². The van der Waals surface area contributed by atoms with E-state index in [0.717, 1.165) is 0 Å². The Hall–Kier alpha value is -1.06. The van der Waals surface area contributed by atoms with Crippen molar-refractivity contribution in [2.45, 2.75) is 23.8 Å². The minimum atomic E-state index is -0.810. The number of ether oxygens (including phenoxy) is 1. The summed E-state index contributed by atoms with van der Waals surface area (Å²) in [6, 6.07) is 0. The van der Waals surface area contributed by atoms with E-state index in [2.05, 4.69) is 0 Å². The van der Waals surface area contributed by atoms with Crippen LogP contribution in [0.3, 0.4) is 0 Å². The highest BCUT2D eigenvalue weighted by atomic mass is 35.5. The van der Waals surface area contributed by atoms with Gasteiger partial charge in [-0.25, -0.2) is 0 Å². The molecule has 1 rings (SSSR count). The Morgan fingerprint density at radius 1 is 1.62 bits per heavy atom. The highest BCUT2D eigenvalue weighted by molar-refractivity contribution is 6.27. The molecule has 0 aromatic heterocycles. The lowest BCUT2D eigenvalue weighted by Gasteiger charge is -2.28. The van der Waals surface area contributed by atoms with Gasteiger partial charge in [0.2, 0.25) is 0 Å². The van der Waals surface area contributed by atoms with E-state index in [4.69, 9.17) is 21.4 Å². The Balaban J connectivity index is 2.59. The number of hydrogen-bond acceptors (Lipinski definition) is 2. The van der Waals surface area contributed by atoms with Gasteiger partial charge in [-0.2, -0.15) is 0 Å². The van der Waals surface area contributed by atoms with Crippen LogP contribution in [0.5, 0.6) is 0 Å². The van der Waals surface area contributed by atoms with Crippen LogP contribution in [0.15, 0.2) is 36.5 Å². The second-order valence-corrected chi connectivity index (χ2v) is 4.22. The normalized spacial score (nSPS) is 28.8. The van der Waals surface area contributed by atoms with E-state index >= 15 is 0 Å². The van der Waals surface area contributed by atoms with Crippen LogP contribution in [-0.2, 0) is 9.53 Å². The number of rotatable bonds is 5. The van der Waals surface area contributed by atoms with Gasteiger partial charge in [-0.1, -0.05) is 36.5 Å². The Morgan fingerprint density at radius 3 is 3.00 bits per heavy atom. The lowest BCUT2D eigenvalue weighted by molar-refractivity contribution is -0.136. The third kappa shape index (κ3) is 3.51. The molecule has 16 heavy (non-hydrogen) atoms. The van der Waals surface area contributed by atoms with Crippen LogP contribution in [-0.4, -0.2) is 29.2 Å². The van der Waals surface area contributed by atoms with Gasteiger partial charge in [-0.05, 0) is 6.42 Å². The van der Waals surface area contributed by atoms with E-state index in [0.29, 0.717) is 6.42 Å². The topological polar surface area (TPSA) is 46.5 Å². The van der Waals surface area contributed by atoms with Crippen molar-refractivity contribution >= 4 is 17.6 Å². The third-order valence-electron chi connectivity index (χ3n) is 2.34. The van der Waals surface area contributed by atoms with Gasteiger partial charge in [0.25, 0.3) is 0 Å². The molecule has 0 aromatic carbocycles. The first-order valence-corrected chi connectivity index (χ1v) is 5.43. The number of allylic oxidation sites excluding steroid dienone is 3. The van der Waals surface area contributed by atoms with Gasteiger partial charge < -0.3 is 9.84 Å². The second kappa shape index (κ2) is 5.87. The van der Waals surface area contributed by atoms with E-state index in [1.807, 2.05) is 24.3 Å². The molecule has 1 N–H and O–H groups in total. The lowest BCUT2D eigenvalue weighted by Crippen LogP contribution is -2.34. The maximum Gasteiger partial charge on any atom is 0.303 e.